The van der Waals surface area contributed by atoms with Crippen LogP contribution in [0.3, 0.4) is 0 Å². The number of nitrogens with zero attached hydrogens (tertiary/aromatic N) is 4. The molecule has 0 bridgehead atoms. The van der Waals surface area contributed by atoms with Gasteiger partial charge in [0.05, 0.1) is 16.1 Å². The van der Waals surface area contributed by atoms with Gasteiger partial charge in [0.15, 0.2) is 0 Å². The molecule has 0 amide bonds. The largest absolute Gasteiger partial charge is 0.366 e. The molecule has 6 nitrogen and oxygen atoms in total. The van der Waals surface area contributed by atoms with Gasteiger partial charge in [-0.25, -0.2) is 0 Å². The normalized spacial score (nSPS) is 15.4. The van der Waals surface area contributed by atoms with E-state index in [0.717, 1.165) is 25.9 Å². The minimum atomic E-state index is -0.491. The molecule has 0 unspecified atom stereocenters. The minimum Gasteiger partial charge on any atom is -0.366 e. The molecule has 1 aliphatic heterocycles. The molecule has 0 atom stereocenters. The number of piperidine rings is 1. The predicted octanol–water partition coefficient (Wildman–Crippen LogP) is 2.57. The van der Waals surface area contributed by atoms with Crippen LogP contribution in [0, 0.1) is 38.7 Å². The first-order valence-electron chi connectivity index (χ1n) is 6.44. The van der Waals surface area contributed by atoms with E-state index in [1.54, 1.807) is 0 Å². The molecule has 0 aromatic heterocycles. The van der Waals surface area contributed by atoms with Crippen LogP contribution in [0.5, 0.6) is 0 Å². The Balaban J connectivity index is 2.48. The lowest BCUT2D eigenvalue weighted by molar-refractivity contribution is -0.384. The van der Waals surface area contributed by atoms with Gasteiger partial charge in [0, 0.05) is 19.2 Å². The van der Waals surface area contributed by atoms with Crippen molar-refractivity contribution < 1.29 is 4.92 Å². The van der Waals surface area contributed by atoms with Crippen molar-refractivity contribution in [2.75, 3.05) is 18.0 Å². The smallest absolute Gasteiger partial charge is 0.293 e. The molecule has 0 radical (unpaired) electrons. The van der Waals surface area contributed by atoms with Gasteiger partial charge in [-0.2, -0.15) is 10.5 Å². The summed E-state index contributed by atoms with van der Waals surface area (Å²) in [6.07, 6.45) is 1.94. The van der Waals surface area contributed by atoms with Gasteiger partial charge in [-0.3, -0.25) is 10.1 Å². The van der Waals surface area contributed by atoms with Gasteiger partial charge in [0.1, 0.15) is 17.8 Å². The molecule has 1 aliphatic rings. The molecule has 1 heterocycles. The summed E-state index contributed by atoms with van der Waals surface area (Å²) < 4.78 is 0. The molecular weight excluding hydrogens is 256 g/mol. The van der Waals surface area contributed by atoms with Crippen LogP contribution in [0.1, 0.15) is 30.9 Å². The lowest BCUT2D eigenvalue weighted by Crippen LogP contribution is -2.33. The van der Waals surface area contributed by atoms with Crippen molar-refractivity contribution in [1.82, 2.24) is 0 Å². The summed E-state index contributed by atoms with van der Waals surface area (Å²) in [6, 6.07) is 6.43. The van der Waals surface area contributed by atoms with Crippen molar-refractivity contribution in [3.05, 3.63) is 33.4 Å². The Kier molecular flexibility index (Phi) is 3.86. The van der Waals surface area contributed by atoms with E-state index >= 15 is 0 Å². The van der Waals surface area contributed by atoms with Gasteiger partial charge < -0.3 is 4.90 Å². The molecule has 0 aliphatic carbocycles. The van der Waals surface area contributed by atoms with E-state index < -0.39 is 4.92 Å². The number of hydrogen-bond donors (Lipinski definition) is 0. The molecule has 1 aromatic rings. The summed E-state index contributed by atoms with van der Waals surface area (Å²) in [7, 11) is 0. The van der Waals surface area contributed by atoms with Crippen molar-refractivity contribution in [2.24, 2.45) is 5.92 Å². The standard InChI is InChI=1S/C14H14N4O2/c1-10-2-4-17(5-3-10)13-6-11(8-15)12(9-16)7-14(13)18(19)20/h6-7,10H,2-5H2,1H3. The number of nitro groups is 1. The van der Waals surface area contributed by atoms with Gasteiger partial charge >= 0.3 is 0 Å². The van der Waals surface area contributed by atoms with Crippen molar-refractivity contribution in [1.29, 1.82) is 10.5 Å². The number of nitro benzene ring substituents is 1. The molecular formula is C14H14N4O2. The Morgan fingerprint density at radius 2 is 1.80 bits per heavy atom. The number of hydrogen-bond acceptors (Lipinski definition) is 5. The first kappa shape index (κ1) is 13.8. The quantitative estimate of drug-likeness (QED) is 0.608. The second kappa shape index (κ2) is 5.58. The molecule has 1 fully saturated rings. The summed E-state index contributed by atoms with van der Waals surface area (Å²) in [5.74, 6) is 0.610. The zero-order valence-corrected chi connectivity index (χ0v) is 11.2. The van der Waals surface area contributed by atoms with Crippen molar-refractivity contribution in [3.8, 4) is 12.1 Å². The zero-order chi connectivity index (χ0) is 14.7. The maximum atomic E-state index is 11.2. The maximum Gasteiger partial charge on any atom is 0.293 e. The molecule has 1 saturated heterocycles. The van der Waals surface area contributed by atoms with Gasteiger partial charge in [-0.1, -0.05) is 6.92 Å². The van der Waals surface area contributed by atoms with Crippen LogP contribution in [0.4, 0.5) is 11.4 Å². The fraction of sp³-hybridized carbons (Fsp3) is 0.429. The van der Waals surface area contributed by atoms with Crippen LogP contribution >= 0.6 is 0 Å². The Labute approximate surface area is 117 Å². The van der Waals surface area contributed by atoms with Gasteiger partial charge in [0.2, 0.25) is 0 Å². The van der Waals surface area contributed by atoms with E-state index in [1.807, 2.05) is 17.0 Å². The Bertz CT molecular complexity index is 619. The van der Waals surface area contributed by atoms with Crippen LogP contribution in [-0.4, -0.2) is 18.0 Å². The zero-order valence-electron chi connectivity index (χ0n) is 11.2. The lowest BCUT2D eigenvalue weighted by atomic mass is 9.97. The minimum absolute atomic E-state index is 0.0494. The molecule has 0 N–H and O–H groups in total. The van der Waals surface area contributed by atoms with E-state index in [2.05, 4.69) is 6.92 Å². The average molecular weight is 270 g/mol. The highest BCUT2D eigenvalue weighted by atomic mass is 16.6. The second-order valence-corrected chi connectivity index (χ2v) is 5.04. The molecule has 1 aromatic carbocycles. The van der Waals surface area contributed by atoms with Crippen molar-refractivity contribution >= 4 is 11.4 Å². The Hall–Kier alpha value is -2.60. The summed E-state index contributed by atoms with van der Waals surface area (Å²) in [4.78, 5) is 12.6. The highest BCUT2D eigenvalue weighted by molar-refractivity contribution is 5.70. The first-order chi connectivity index (χ1) is 9.56. The predicted molar refractivity (Wildman–Crippen MR) is 73.1 cm³/mol. The Morgan fingerprint density at radius 3 is 2.30 bits per heavy atom. The fourth-order valence-electron chi connectivity index (χ4n) is 2.41. The third-order valence-corrected chi connectivity index (χ3v) is 3.68. The molecule has 20 heavy (non-hydrogen) atoms. The number of anilines is 1. The highest BCUT2D eigenvalue weighted by Gasteiger charge is 2.25. The van der Waals surface area contributed by atoms with Crippen LogP contribution in [0.15, 0.2) is 12.1 Å². The summed E-state index contributed by atoms with van der Waals surface area (Å²) in [5, 5.41) is 29.2. The maximum absolute atomic E-state index is 11.2. The molecule has 102 valence electrons. The summed E-state index contributed by atoms with van der Waals surface area (Å²) >= 11 is 0. The van der Waals surface area contributed by atoms with Crippen LogP contribution in [0.25, 0.3) is 0 Å². The van der Waals surface area contributed by atoms with Crippen molar-refractivity contribution in [2.45, 2.75) is 19.8 Å². The first-order valence-corrected chi connectivity index (χ1v) is 6.44. The summed E-state index contributed by atoms with van der Waals surface area (Å²) in [6.45, 7) is 3.63. The fourth-order valence-corrected chi connectivity index (χ4v) is 2.41. The van der Waals surface area contributed by atoms with Crippen LogP contribution < -0.4 is 4.90 Å². The summed E-state index contributed by atoms with van der Waals surface area (Å²) in [5.41, 5.74) is 0.576. The molecule has 0 saturated carbocycles. The molecule has 6 heteroatoms. The van der Waals surface area contributed by atoms with Gasteiger partial charge in [0.25, 0.3) is 5.69 Å². The number of nitriles is 2. The van der Waals surface area contributed by atoms with Gasteiger partial charge in [-0.05, 0) is 24.8 Å². The van der Waals surface area contributed by atoms with E-state index in [4.69, 9.17) is 10.5 Å². The van der Waals surface area contributed by atoms with E-state index in [-0.39, 0.29) is 16.8 Å². The van der Waals surface area contributed by atoms with E-state index in [9.17, 15) is 10.1 Å². The average Bonchev–Trinajstić information content (AvgIpc) is 2.46. The topological polar surface area (TPSA) is 94.0 Å². The van der Waals surface area contributed by atoms with Crippen LogP contribution in [0.2, 0.25) is 0 Å². The third kappa shape index (κ3) is 2.55. The monoisotopic (exact) mass is 270 g/mol. The van der Waals surface area contributed by atoms with E-state index in [1.165, 1.54) is 12.1 Å². The Morgan fingerprint density at radius 1 is 1.25 bits per heavy atom. The van der Waals surface area contributed by atoms with Gasteiger partial charge in [-0.15, -0.1) is 0 Å². The third-order valence-electron chi connectivity index (χ3n) is 3.68. The molecule has 2 rings (SSSR count). The number of rotatable bonds is 2. The number of benzene rings is 1. The van der Waals surface area contributed by atoms with Crippen LogP contribution in [-0.2, 0) is 0 Å². The lowest BCUT2D eigenvalue weighted by Gasteiger charge is -2.31. The van der Waals surface area contributed by atoms with E-state index in [0.29, 0.717) is 11.6 Å². The molecule has 0 spiro atoms. The SMILES string of the molecule is CC1CCN(c2cc(C#N)c(C#N)cc2[N+](=O)[O-])CC1. The second-order valence-electron chi connectivity index (χ2n) is 5.04. The highest BCUT2D eigenvalue weighted by Crippen LogP contribution is 2.33. The van der Waals surface area contributed by atoms with Crippen molar-refractivity contribution in [3.63, 3.8) is 0 Å².